The molecule has 1 aliphatic rings. The Bertz CT molecular complexity index is 392. The Morgan fingerprint density at radius 1 is 1.12 bits per heavy atom. The van der Waals surface area contributed by atoms with E-state index in [1.807, 2.05) is 18.7 Å². The van der Waals surface area contributed by atoms with E-state index in [-0.39, 0.29) is 11.5 Å². The lowest BCUT2D eigenvalue weighted by Gasteiger charge is -2.20. The zero-order valence-electron chi connectivity index (χ0n) is 9.17. The van der Waals surface area contributed by atoms with Crippen LogP contribution in [0.25, 0.3) is 0 Å². The molecule has 2 rings (SSSR count). The monoisotopic (exact) mass is 229 g/mol. The molecule has 0 saturated heterocycles. The van der Waals surface area contributed by atoms with Gasteiger partial charge in [0.2, 0.25) is 0 Å². The smallest absolute Gasteiger partial charge is 0.395 e. The summed E-state index contributed by atoms with van der Waals surface area (Å²) in [5.41, 5.74) is 0.852. The van der Waals surface area contributed by atoms with Gasteiger partial charge in [0.25, 0.3) is 0 Å². The zero-order valence-corrected chi connectivity index (χ0v) is 9.17. The van der Waals surface area contributed by atoms with Gasteiger partial charge in [-0.25, -0.2) is 0 Å². The van der Waals surface area contributed by atoms with Crippen LogP contribution in [0.4, 0.5) is 14.5 Å². The second-order valence-electron chi connectivity index (χ2n) is 3.47. The zero-order chi connectivity index (χ0) is 11.8. The van der Waals surface area contributed by atoms with E-state index < -0.39 is 6.29 Å². The minimum Gasteiger partial charge on any atom is -0.395 e. The summed E-state index contributed by atoms with van der Waals surface area (Å²) in [5.74, 6) is 0.176. The summed E-state index contributed by atoms with van der Waals surface area (Å²) in [6.45, 7) is 5.63. The fourth-order valence-electron chi connectivity index (χ4n) is 1.72. The average Bonchev–Trinajstić information content (AvgIpc) is 2.53. The Kier molecular flexibility index (Phi) is 2.61. The van der Waals surface area contributed by atoms with Gasteiger partial charge < -0.3 is 14.4 Å². The topological polar surface area (TPSA) is 21.7 Å². The molecule has 88 valence electrons. The Morgan fingerprint density at radius 2 is 1.75 bits per heavy atom. The normalized spacial score (nSPS) is 16.2. The largest absolute Gasteiger partial charge is 0.586 e. The Balaban J connectivity index is 2.28. The molecule has 1 heterocycles. The second-order valence-corrected chi connectivity index (χ2v) is 3.47. The van der Waals surface area contributed by atoms with Crippen molar-refractivity contribution in [2.75, 3.05) is 18.0 Å². The number of fused-ring (bicyclic) bond motifs is 1. The number of alkyl halides is 2. The molecule has 0 saturated carbocycles. The van der Waals surface area contributed by atoms with Crippen molar-refractivity contribution in [2.24, 2.45) is 0 Å². The molecule has 0 radical (unpaired) electrons. The van der Waals surface area contributed by atoms with Gasteiger partial charge in [-0.1, -0.05) is 0 Å². The molecule has 16 heavy (non-hydrogen) atoms. The first-order valence-electron chi connectivity index (χ1n) is 5.20. The van der Waals surface area contributed by atoms with Crippen molar-refractivity contribution in [3.63, 3.8) is 0 Å². The summed E-state index contributed by atoms with van der Waals surface area (Å²) in [5, 5.41) is 0. The molecule has 1 aromatic carbocycles. The molecule has 1 aromatic rings. The van der Waals surface area contributed by atoms with Crippen molar-refractivity contribution in [1.29, 1.82) is 0 Å². The van der Waals surface area contributed by atoms with Gasteiger partial charge in [-0.2, -0.15) is 0 Å². The van der Waals surface area contributed by atoms with Gasteiger partial charge in [0.05, 0.1) is 0 Å². The SMILES string of the molecule is CCN(CC)c1ccc2c(c1)OC(F)(F)O2. The lowest BCUT2D eigenvalue weighted by molar-refractivity contribution is -0.286. The van der Waals surface area contributed by atoms with E-state index in [1.54, 1.807) is 12.1 Å². The van der Waals surface area contributed by atoms with E-state index in [2.05, 4.69) is 9.47 Å². The first kappa shape index (κ1) is 11.0. The van der Waals surface area contributed by atoms with Crippen LogP contribution in [0.2, 0.25) is 0 Å². The second kappa shape index (κ2) is 3.81. The molecule has 0 unspecified atom stereocenters. The quantitative estimate of drug-likeness (QED) is 0.795. The van der Waals surface area contributed by atoms with Crippen LogP contribution in [0.5, 0.6) is 11.5 Å². The number of rotatable bonds is 3. The van der Waals surface area contributed by atoms with Crippen LogP contribution in [-0.4, -0.2) is 19.4 Å². The number of anilines is 1. The van der Waals surface area contributed by atoms with Crippen LogP contribution >= 0.6 is 0 Å². The van der Waals surface area contributed by atoms with Crippen molar-refractivity contribution in [1.82, 2.24) is 0 Å². The number of halogens is 2. The Labute approximate surface area is 92.6 Å². The van der Waals surface area contributed by atoms with E-state index in [1.165, 1.54) is 6.07 Å². The molecule has 0 bridgehead atoms. The molecule has 3 nitrogen and oxygen atoms in total. The molecule has 0 spiro atoms. The molecule has 0 N–H and O–H groups in total. The van der Waals surface area contributed by atoms with Crippen LogP contribution in [0.15, 0.2) is 18.2 Å². The van der Waals surface area contributed by atoms with Crippen LogP contribution < -0.4 is 14.4 Å². The Hall–Kier alpha value is -1.52. The predicted octanol–water partition coefficient (Wildman–Crippen LogP) is 2.85. The van der Waals surface area contributed by atoms with Gasteiger partial charge in [0.15, 0.2) is 11.5 Å². The van der Waals surface area contributed by atoms with Crippen molar-refractivity contribution in [3.05, 3.63) is 18.2 Å². The van der Waals surface area contributed by atoms with E-state index in [9.17, 15) is 8.78 Å². The number of hydrogen-bond donors (Lipinski definition) is 0. The molecule has 0 aliphatic carbocycles. The number of benzene rings is 1. The van der Waals surface area contributed by atoms with Gasteiger partial charge >= 0.3 is 6.29 Å². The number of nitrogens with zero attached hydrogens (tertiary/aromatic N) is 1. The van der Waals surface area contributed by atoms with Crippen LogP contribution in [0, 0.1) is 0 Å². The van der Waals surface area contributed by atoms with Gasteiger partial charge in [-0.3, -0.25) is 0 Å². The van der Waals surface area contributed by atoms with Crippen molar-refractivity contribution in [2.45, 2.75) is 20.1 Å². The van der Waals surface area contributed by atoms with Crippen molar-refractivity contribution < 1.29 is 18.3 Å². The summed E-state index contributed by atoms with van der Waals surface area (Å²) >= 11 is 0. The van der Waals surface area contributed by atoms with Crippen LogP contribution in [-0.2, 0) is 0 Å². The summed E-state index contributed by atoms with van der Waals surface area (Å²) < 4.78 is 34.3. The standard InChI is InChI=1S/C11H13F2NO2/c1-3-14(4-2)8-5-6-9-10(7-8)16-11(12,13)15-9/h5-7H,3-4H2,1-2H3. The van der Waals surface area contributed by atoms with Gasteiger partial charge in [-0.15, -0.1) is 8.78 Å². The highest BCUT2D eigenvalue weighted by atomic mass is 19.3. The Morgan fingerprint density at radius 3 is 2.38 bits per heavy atom. The number of hydrogen-bond acceptors (Lipinski definition) is 3. The molecular weight excluding hydrogens is 216 g/mol. The van der Waals surface area contributed by atoms with Gasteiger partial charge in [0, 0.05) is 24.8 Å². The van der Waals surface area contributed by atoms with E-state index >= 15 is 0 Å². The first-order valence-corrected chi connectivity index (χ1v) is 5.20. The third-order valence-electron chi connectivity index (χ3n) is 2.51. The van der Waals surface area contributed by atoms with Crippen LogP contribution in [0.1, 0.15) is 13.8 Å². The molecule has 0 amide bonds. The van der Waals surface area contributed by atoms with Crippen molar-refractivity contribution in [3.8, 4) is 11.5 Å². The predicted molar refractivity (Wildman–Crippen MR) is 56.2 cm³/mol. The average molecular weight is 229 g/mol. The summed E-state index contributed by atoms with van der Waals surface area (Å²) in [6.07, 6.45) is -3.54. The highest BCUT2D eigenvalue weighted by Gasteiger charge is 2.43. The maximum atomic E-state index is 12.8. The first-order chi connectivity index (χ1) is 7.55. The lowest BCUT2D eigenvalue weighted by Crippen LogP contribution is -2.26. The highest BCUT2D eigenvalue weighted by molar-refractivity contribution is 5.57. The van der Waals surface area contributed by atoms with Crippen molar-refractivity contribution >= 4 is 5.69 Å². The highest BCUT2D eigenvalue weighted by Crippen LogP contribution is 2.42. The molecular formula is C11H13F2NO2. The maximum Gasteiger partial charge on any atom is 0.586 e. The lowest BCUT2D eigenvalue weighted by atomic mass is 10.2. The molecule has 5 heteroatoms. The maximum absolute atomic E-state index is 12.8. The molecule has 1 aliphatic heterocycles. The third-order valence-corrected chi connectivity index (χ3v) is 2.51. The van der Waals surface area contributed by atoms with E-state index in [0.29, 0.717) is 0 Å². The minimum atomic E-state index is -3.54. The summed E-state index contributed by atoms with van der Waals surface area (Å²) in [4.78, 5) is 2.04. The fourth-order valence-corrected chi connectivity index (χ4v) is 1.72. The van der Waals surface area contributed by atoms with Gasteiger partial charge in [0.1, 0.15) is 0 Å². The molecule has 0 aromatic heterocycles. The van der Waals surface area contributed by atoms with Crippen LogP contribution in [0.3, 0.4) is 0 Å². The third kappa shape index (κ3) is 1.89. The van der Waals surface area contributed by atoms with E-state index in [4.69, 9.17) is 0 Å². The fraction of sp³-hybridized carbons (Fsp3) is 0.455. The molecule has 0 fully saturated rings. The minimum absolute atomic E-state index is 0.0842. The summed E-state index contributed by atoms with van der Waals surface area (Å²) in [7, 11) is 0. The number of ether oxygens (including phenoxy) is 2. The molecule has 0 atom stereocenters. The summed E-state index contributed by atoms with van der Waals surface area (Å²) in [6, 6.07) is 4.82. The van der Waals surface area contributed by atoms with E-state index in [0.717, 1.165) is 18.8 Å². The van der Waals surface area contributed by atoms with Gasteiger partial charge in [-0.05, 0) is 26.0 Å².